The Balaban J connectivity index is 1.87. The van der Waals surface area contributed by atoms with Crippen molar-refractivity contribution in [3.8, 4) is 5.75 Å². The molecule has 0 aliphatic rings. The molecule has 2 rings (SSSR count). The van der Waals surface area contributed by atoms with Crippen LogP contribution < -0.4 is 15.4 Å². The van der Waals surface area contributed by atoms with Gasteiger partial charge >= 0.3 is 0 Å². The molecule has 0 spiro atoms. The number of carbonyl (C=O) groups excluding carboxylic acids is 2. The summed E-state index contributed by atoms with van der Waals surface area (Å²) in [6.45, 7) is 8.99. The van der Waals surface area contributed by atoms with Crippen LogP contribution in [-0.4, -0.2) is 18.4 Å². The van der Waals surface area contributed by atoms with Crippen LogP contribution in [0.3, 0.4) is 0 Å². The van der Waals surface area contributed by atoms with E-state index in [1.807, 2.05) is 26.0 Å². The lowest BCUT2D eigenvalue weighted by molar-refractivity contribution is -0.116. The summed E-state index contributed by atoms with van der Waals surface area (Å²) in [5.74, 6) is 1.47. The Kier molecular flexibility index (Phi) is 8.05. The zero-order chi connectivity index (χ0) is 20.5. The number of hydrogen-bond donors (Lipinski definition) is 2. The number of anilines is 2. The summed E-state index contributed by atoms with van der Waals surface area (Å²) in [6.07, 6.45) is 1.48. The molecule has 0 heterocycles. The van der Waals surface area contributed by atoms with Gasteiger partial charge in [0.2, 0.25) is 5.91 Å². The third kappa shape index (κ3) is 7.43. The first-order valence-electron chi connectivity index (χ1n) is 9.77. The van der Waals surface area contributed by atoms with Gasteiger partial charge in [0, 0.05) is 23.4 Å². The van der Waals surface area contributed by atoms with Gasteiger partial charge in [-0.3, -0.25) is 9.59 Å². The molecule has 0 radical (unpaired) electrons. The summed E-state index contributed by atoms with van der Waals surface area (Å²) in [5.41, 5.74) is 1.95. The van der Waals surface area contributed by atoms with Crippen LogP contribution >= 0.6 is 0 Å². The fourth-order valence-electron chi connectivity index (χ4n) is 2.54. The standard InChI is InChI=1S/C23H30N2O3/c1-16(2)13-14-28-21-11-5-18(6-12-21)23(27)25-20-9-7-19(8-10-20)24-22(26)15-17(3)4/h5-12,16-17H,13-15H2,1-4H3,(H,24,26)(H,25,27). The second kappa shape index (κ2) is 10.5. The van der Waals surface area contributed by atoms with Crippen molar-refractivity contribution >= 4 is 23.2 Å². The number of carbonyl (C=O) groups is 2. The van der Waals surface area contributed by atoms with Crippen molar-refractivity contribution in [2.75, 3.05) is 17.2 Å². The van der Waals surface area contributed by atoms with E-state index in [1.165, 1.54) is 0 Å². The molecule has 2 N–H and O–H groups in total. The highest BCUT2D eigenvalue weighted by Gasteiger charge is 2.08. The van der Waals surface area contributed by atoms with Gasteiger partial charge in [0.15, 0.2) is 0 Å². The summed E-state index contributed by atoms with van der Waals surface area (Å²) in [7, 11) is 0. The first-order chi connectivity index (χ1) is 13.3. The lowest BCUT2D eigenvalue weighted by Gasteiger charge is -2.10. The number of benzene rings is 2. The predicted octanol–water partition coefficient (Wildman–Crippen LogP) is 5.35. The Labute approximate surface area is 167 Å². The second-order valence-corrected chi connectivity index (χ2v) is 7.73. The van der Waals surface area contributed by atoms with E-state index in [-0.39, 0.29) is 11.8 Å². The largest absolute Gasteiger partial charge is 0.494 e. The maximum absolute atomic E-state index is 12.4. The topological polar surface area (TPSA) is 67.4 Å². The fourth-order valence-corrected chi connectivity index (χ4v) is 2.54. The quantitative estimate of drug-likeness (QED) is 0.614. The molecule has 0 aliphatic heterocycles. The fraction of sp³-hybridized carbons (Fsp3) is 0.391. The van der Waals surface area contributed by atoms with E-state index < -0.39 is 0 Å². The molecule has 150 valence electrons. The van der Waals surface area contributed by atoms with Gasteiger partial charge in [0.25, 0.3) is 5.91 Å². The van der Waals surface area contributed by atoms with E-state index in [4.69, 9.17) is 4.74 Å². The number of ether oxygens (including phenoxy) is 1. The zero-order valence-corrected chi connectivity index (χ0v) is 17.1. The van der Waals surface area contributed by atoms with Gasteiger partial charge in [0.1, 0.15) is 5.75 Å². The molecule has 5 nitrogen and oxygen atoms in total. The molecule has 2 amide bonds. The molecule has 0 fully saturated rings. The Morgan fingerprint density at radius 2 is 1.39 bits per heavy atom. The molecule has 0 atom stereocenters. The van der Waals surface area contributed by atoms with Crippen LogP contribution in [0.2, 0.25) is 0 Å². The lowest BCUT2D eigenvalue weighted by Crippen LogP contribution is -2.14. The monoisotopic (exact) mass is 382 g/mol. The third-order valence-corrected chi connectivity index (χ3v) is 4.10. The van der Waals surface area contributed by atoms with Crippen molar-refractivity contribution in [2.24, 2.45) is 11.8 Å². The van der Waals surface area contributed by atoms with Gasteiger partial charge in [-0.25, -0.2) is 0 Å². The first-order valence-corrected chi connectivity index (χ1v) is 9.77. The van der Waals surface area contributed by atoms with E-state index in [0.717, 1.165) is 12.2 Å². The minimum Gasteiger partial charge on any atom is -0.494 e. The summed E-state index contributed by atoms with van der Waals surface area (Å²) in [6, 6.07) is 14.2. The number of rotatable bonds is 9. The SMILES string of the molecule is CC(C)CCOc1ccc(C(=O)Nc2ccc(NC(=O)CC(C)C)cc2)cc1. The Morgan fingerprint density at radius 3 is 1.93 bits per heavy atom. The van der Waals surface area contributed by atoms with Crippen molar-refractivity contribution < 1.29 is 14.3 Å². The lowest BCUT2D eigenvalue weighted by atomic mass is 10.1. The Morgan fingerprint density at radius 1 is 0.821 bits per heavy atom. The zero-order valence-electron chi connectivity index (χ0n) is 17.1. The minimum absolute atomic E-state index is 0.0116. The molecule has 0 unspecified atom stereocenters. The highest BCUT2D eigenvalue weighted by atomic mass is 16.5. The van der Waals surface area contributed by atoms with Crippen molar-refractivity contribution in [1.82, 2.24) is 0 Å². The van der Waals surface area contributed by atoms with Gasteiger partial charge in [-0.15, -0.1) is 0 Å². The molecule has 0 saturated heterocycles. The summed E-state index contributed by atoms with van der Waals surface area (Å²) in [5, 5.41) is 5.71. The molecule has 28 heavy (non-hydrogen) atoms. The van der Waals surface area contributed by atoms with Crippen LogP contribution in [0.1, 0.15) is 50.9 Å². The number of amides is 2. The van der Waals surface area contributed by atoms with Crippen molar-refractivity contribution in [3.05, 3.63) is 54.1 Å². The van der Waals surface area contributed by atoms with E-state index >= 15 is 0 Å². The van der Waals surface area contributed by atoms with Crippen LogP contribution in [-0.2, 0) is 4.79 Å². The van der Waals surface area contributed by atoms with E-state index in [9.17, 15) is 9.59 Å². The Hall–Kier alpha value is -2.82. The number of hydrogen-bond acceptors (Lipinski definition) is 3. The molecule has 0 aliphatic carbocycles. The first kappa shape index (κ1) is 21.5. The van der Waals surface area contributed by atoms with Crippen molar-refractivity contribution in [3.63, 3.8) is 0 Å². The molecule has 2 aromatic carbocycles. The Bertz CT molecular complexity index is 765. The second-order valence-electron chi connectivity index (χ2n) is 7.73. The molecule has 2 aromatic rings. The number of nitrogens with one attached hydrogen (secondary N) is 2. The molecular weight excluding hydrogens is 352 g/mol. The van der Waals surface area contributed by atoms with E-state index in [1.54, 1.807) is 36.4 Å². The van der Waals surface area contributed by atoms with Crippen molar-refractivity contribution in [2.45, 2.75) is 40.5 Å². The third-order valence-electron chi connectivity index (χ3n) is 4.10. The van der Waals surface area contributed by atoms with Gasteiger partial charge in [-0.05, 0) is 66.8 Å². The van der Waals surface area contributed by atoms with Crippen LogP contribution in [0.5, 0.6) is 5.75 Å². The average Bonchev–Trinajstić information content (AvgIpc) is 2.63. The minimum atomic E-state index is -0.190. The highest BCUT2D eigenvalue weighted by Crippen LogP contribution is 2.17. The average molecular weight is 383 g/mol. The van der Waals surface area contributed by atoms with Gasteiger partial charge in [0.05, 0.1) is 6.61 Å². The van der Waals surface area contributed by atoms with Gasteiger partial charge in [-0.1, -0.05) is 27.7 Å². The smallest absolute Gasteiger partial charge is 0.255 e. The molecule has 0 bridgehead atoms. The maximum atomic E-state index is 12.4. The predicted molar refractivity (Wildman–Crippen MR) is 114 cm³/mol. The summed E-state index contributed by atoms with van der Waals surface area (Å²) < 4.78 is 5.67. The highest BCUT2D eigenvalue weighted by molar-refractivity contribution is 6.04. The van der Waals surface area contributed by atoms with Crippen LogP contribution in [0, 0.1) is 11.8 Å². The van der Waals surface area contributed by atoms with Gasteiger partial charge in [-0.2, -0.15) is 0 Å². The van der Waals surface area contributed by atoms with Crippen LogP contribution in [0.25, 0.3) is 0 Å². The molecule has 0 saturated carbocycles. The van der Waals surface area contributed by atoms with Crippen LogP contribution in [0.15, 0.2) is 48.5 Å². The van der Waals surface area contributed by atoms with E-state index in [0.29, 0.717) is 41.8 Å². The normalized spacial score (nSPS) is 10.8. The van der Waals surface area contributed by atoms with Gasteiger partial charge < -0.3 is 15.4 Å². The van der Waals surface area contributed by atoms with Crippen molar-refractivity contribution in [1.29, 1.82) is 0 Å². The molecular formula is C23H30N2O3. The molecule has 0 aromatic heterocycles. The van der Waals surface area contributed by atoms with Crippen LogP contribution in [0.4, 0.5) is 11.4 Å². The summed E-state index contributed by atoms with van der Waals surface area (Å²) >= 11 is 0. The summed E-state index contributed by atoms with van der Waals surface area (Å²) in [4.78, 5) is 24.2. The molecule has 5 heteroatoms. The maximum Gasteiger partial charge on any atom is 0.255 e. The van der Waals surface area contributed by atoms with E-state index in [2.05, 4.69) is 24.5 Å².